The summed E-state index contributed by atoms with van der Waals surface area (Å²) in [6.45, 7) is 12.4. The normalized spacial score (nSPS) is 23.3. The summed E-state index contributed by atoms with van der Waals surface area (Å²) in [5.74, 6) is 0.188. The first kappa shape index (κ1) is 51.5. The summed E-state index contributed by atoms with van der Waals surface area (Å²) in [6.07, 6.45) is 10.1. The van der Waals surface area contributed by atoms with Gasteiger partial charge >= 0.3 is 0 Å². The molecule has 5 N–H and O–H groups in total. The van der Waals surface area contributed by atoms with E-state index in [1.807, 2.05) is 61.2 Å². The number of halogens is 1. The molecule has 0 radical (unpaired) electrons. The van der Waals surface area contributed by atoms with Crippen LogP contribution in [0.4, 0.5) is 10.3 Å². The zero-order valence-corrected chi connectivity index (χ0v) is 44.7. The van der Waals surface area contributed by atoms with Crippen molar-refractivity contribution in [1.82, 2.24) is 50.6 Å². The summed E-state index contributed by atoms with van der Waals surface area (Å²) in [5.41, 5.74) is 7.26. The smallest absolute Gasteiger partial charge is 0.258 e. The SMILES string of the molecule is Cc1ncsc1-c1ccc(CNC(=O)[C@@H]2C[C@@H](O)CN2C(=O)[C@@H](NC(=O)C2(F)CC2)C(C)(C)C)c(O[C@H]2CC[C@H](N3CCC(c4cnc(N5CCc6[nH]c7nnc(-c8ccccc8O)cc7c6[C@@H]5C)nc4)CC3)CC2)c1. The fourth-order valence-electron chi connectivity index (χ4n) is 12.0. The first-order valence-corrected chi connectivity index (χ1v) is 27.8. The Hall–Kier alpha value is -6.57. The number of aliphatic hydroxyl groups excluding tert-OH is 1. The second-order valence-electron chi connectivity index (χ2n) is 22.8. The van der Waals surface area contributed by atoms with Gasteiger partial charge in [0.05, 0.1) is 40.0 Å². The van der Waals surface area contributed by atoms with Crippen molar-refractivity contribution >= 4 is 46.0 Å². The highest BCUT2D eigenvalue weighted by Crippen LogP contribution is 2.42. The maximum absolute atomic E-state index is 14.7. The van der Waals surface area contributed by atoms with Crippen molar-refractivity contribution in [3.8, 4) is 33.2 Å². The maximum Gasteiger partial charge on any atom is 0.258 e. The number of benzene rings is 2. The molecule has 3 aliphatic heterocycles. The van der Waals surface area contributed by atoms with Gasteiger partial charge in [-0.15, -0.1) is 21.5 Å². The minimum atomic E-state index is -1.97. The Balaban J connectivity index is 0.697. The number of phenols is 1. The van der Waals surface area contributed by atoms with Gasteiger partial charge in [-0.1, -0.05) is 45.0 Å². The third-order valence-electron chi connectivity index (χ3n) is 16.6. The van der Waals surface area contributed by atoms with Crippen LogP contribution in [0.25, 0.3) is 32.7 Å². The summed E-state index contributed by atoms with van der Waals surface area (Å²) in [5, 5.41) is 36.8. The summed E-state index contributed by atoms with van der Waals surface area (Å²) >= 11 is 1.56. The highest BCUT2D eigenvalue weighted by Gasteiger charge is 2.53. The number of carbonyl (C=O) groups excluding carboxylic acids is 3. The van der Waals surface area contributed by atoms with Crippen LogP contribution in [-0.2, 0) is 27.3 Å². The van der Waals surface area contributed by atoms with Gasteiger partial charge in [-0.25, -0.2) is 19.3 Å². The molecule has 17 nitrogen and oxygen atoms in total. The van der Waals surface area contributed by atoms with Crippen LogP contribution in [0.5, 0.6) is 11.5 Å². The van der Waals surface area contributed by atoms with Crippen LogP contribution < -0.4 is 20.3 Å². The lowest BCUT2D eigenvalue weighted by molar-refractivity contribution is -0.145. The van der Waals surface area contributed by atoms with E-state index in [1.54, 1.807) is 44.2 Å². The number of hydrogen-bond donors (Lipinski definition) is 5. The van der Waals surface area contributed by atoms with E-state index in [-0.39, 0.29) is 50.2 Å². The molecule has 4 atom stereocenters. The van der Waals surface area contributed by atoms with Crippen molar-refractivity contribution in [1.29, 1.82) is 0 Å². The number of amides is 3. The van der Waals surface area contributed by atoms with Crippen LogP contribution >= 0.6 is 11.3 Å². The molecule has 400 valence electrons. The number of β-amino-alcohol motifs (C(OH)–C–C–N with tert-alkyl or cyclic N) is 1. The Labute approximate surface area is 446 Å². The number of hydrogen-bond acceptors (Lipinski definition) is 14. The number of H-pyrrole nitrogens is 1. The minimum absolute atomic E-state index is 0.00311. The standard InChI is InChI=1S/C57H68FN11O6S/c1-32-49(76-31-62-32)35-10-11-36(27-59-52(72)45-25-39(70)30-69(45)53(73)50(56(3,4)5)64-54(74)57(58)19-20-57)47(24-35)75-40-14-12-38(13-15-40)67-21-16-34(17-22-67)37-28-60-55(61-29-37)68-23-18-43-48(33(68)2)42-26-44(65-66-51(42)63-43)41-8-6-7-9-46(41)71/h6-11,24,26,28-29,31,33-34,38-40,45,50,70-71H,12-23,25,27,30H2,1-5H3,(H,59,72)(H,63,66)(H,64,74)/t33-,38-,39+,40-,45-,50+/m0/s1. The van der Waals surface area contributed by atoms with Crippen molar-refractivity contribution in [2.75, 3.05) is 31.1 Å². The molecule has 0 spiro atoms. The number of nitrogens with one attached hydrogen (secondary N) is 3. The van der Waals surface area contributed by atoms with Crippen LogP contribution in [-0.4, -0.2) is 130 Å². The van der Waals surface area contributed by atoms with E-state index in [4.69, 9.17) is 14.7 Å². The fourth-order valence-corrected chi connectivity index (χ4v) is 12.8. The molecule has 3 amide bonds. The number of phenolic OH excluding ortho intramolecular Hbond substituents is 1. The second kappa shape index (κ2) is 20.8. The molecule has 19 heteroatoms. The molecule has 11 rings (SSSR count). The van der Waals surface area contributed by atoms with Crippen LogP contribution in [0, 0.1) is 12.3 Å². The highest BCUT2D eigenvalue weighted by atomic mass is 32.1. The van der Waals surface area contributed by atoms with Crippen molar-refractivity contribution in [2.24, 2.45) is 5.41 Å². The van der Waals surface area contributed by atoms with E-state index < -0.39 is 47.0 Å². The number of aliphatic hydroxyl groups is 1. The molecule has 2 aromatic carbocycles. The number of aromatic nitrogens is 6. The zero-order chi connectivity index (χ0) is 53.0. The Morgan fingerprint density at radius 2 is 1.72 bits per heavy atom. The second-order valence-corrected chi connectivity index (χ2v) is 23.6. The lowest BCUT2D eigenvalue weighted by Crippen LogP contribution is -2.59. The molecular formula is C57H68FN11O6S. The number of piperidine rings is 1. The largest absolute Gasteiger partial charge is 0.507 e. The average molecular weight is 1050 g/mol. The predicted molar refractivity (Wildman–Crippen MR) is 287 cm³/mol. The van der Waals surface area contributed by atoms with Gasteiger partial charge in [0.15, 0.2) is 11.3 Å². The molecule has 5 aliphatic rings. The molecule has 6 aromatic rings. The number of ether oxygens (including phenoxy) is 1. The van der Waals surface area contributed by atoms with Crippen molar-refractivity contribution in [3.63, 3.8) is 0 Å². The first-order valence-electron chi connectivity index (χ1n) is 27.0. The van der Waals surface area contributed by atoms with Crippen LogP contribution in [0.1, 0.15) is 126 Å². The number of para-hydroxylation sites is 1. The third kappa shape index (κ3) is 10.4. The maximum atomic E-state index is 14.7. The van der Waals surface area contributed by atoms with Crippen LogP contribution in [0.15, 0.2) is 66.4 Å². The molecule has 76 heavy (non-hydrogen) atoms. The van der Waals surface area contributed by atoms with Gasteiger partial charge in [-0.3, -0.25) is 14.4 Å². The first-order chi connectivity index (χ1) is 36.5. The quantitative estimate of drug-likeness (QED) is 0.0746. The minimum Gasteiger partial charge on any atom is -0.507 e. The number of aromatic amines is 1. The Bertz CT molecular complexity index is 3120. The van der Waals surface area contributed by atoms with E-state index in [0.29, 0.717) is 34.9 Å². The summed E-state index contributed by atoms with van der Waals surface area (Å²) in [7, 11) is 0. The highest BCUT2D eigenvalue weighted by molar-refractivity contribution is 7.13. The number of anilines is 1. The molecule has 0 bridgehead atoms. The van der Waals surface area contributed by atoms with Crippen molar-refractivity contribution in [2.45, 2.75) is 153 Å². The molecule has 4 aromatic heterocycles. The van der Waals surface area contributed by atoms with Gasteiger partial charge < -0.3 is 45.3 Å². The molecule has 2 saturated carbocycles. The predicted octanol–water partition coefficient (Wildman–Crippen LogP) is 7.86. The Morgan fingerprint density at radius 3 is 2.42 bits per heavy atom. The van der Waals surface area contributed by atoms with Crippen molar-refractivity contribution < 1.29 is 33.7 Å². The van der Waals surface area contributed by atoms with Gasteiger partial charge in [-0.05, 0) is 125 Å². The average Bonchev–Trinajstić information content (AvgIpc) is 3.67. The van der Waals surface area contributed by atoms with Crippen molar-refractivity contribution in [3.05, 3.63) is 94.5 Å². The van der Waals surface area contributed by atoms with Gasteiger partial charge in [-0.2, -0.15) is 0 Å². The number of aromatic hydroxyl groups is 1. The van der Waals surface area contributed by atoms with Crippen LogP contribution in [0.2, 0.25) is 0 Å². The van der Waals surface area contributed by atoms with Crippen LogP contribution in [0.3, 0.4) is 0 Å². The number of alkyl halides is 1. The van der Waals surface area contributed by atoms with Gasteiger partial charge in [0.1, 0.15) is 23.6 Å². The fraction of sp³-hybridized carbons (Fsp3) is 0.509. The molecule has 2 aliphatic carbocycles. The molecular weight excluding hydrogens is 986 g/mol. The lowest BCUT2D eigenvalue weighted by atomic mass is 9.85. The Kier molecular flexibility index (Phi) is 14.1. The number of likely N-dealkylation sites (tertiary alicyclic amines) is 2. The van der Waals surface area contributed by atoms with E-state index >= 15 is 0 Å². The topological polar surface area (TPSA) is 215 Å². The third-order valence-corrected chi connectivity index (χ3v) is 17.6. The number of nitrogens with zero attached hydrogens (tertiary/aromatic N) is 8. The monoisotopic (exact) mass is 1050 g/mol. The molecule has 2 saturated heterocycles. The van der Waals surface area contributed by atoms with Gasteiger partial charge in [0.2, 0.25) is 17.8 Å². The van der Waals surface area contributed by atoms with Gasteiger partial charge in [0.25, 0.3) is 5.91 Å². The summed E-state index contributed by atoms with van der Waals surface area (Å²) in [6, 6.07) is 13.6. The van der Waals surface area contributed by atoms with E-state index in [0.717, 1.165) is 109 Å². The zero-order valence-electron chi connectivity index (χ0n) is 43.9. The van der Waals surface area contributed by atoms with E-state index in [1.165, 1.54) is 10.5 Å². The number of rotatable bonds is 13. The number of aryl methyl sites for hydroxylation is 1. The van der Waals surface area contributed by atoms with Gasteiger partial charge in [0, 0.05) is 78.7 Å². The number of fused-ring (bicyclic) bond motifs is 3. The molecule has 4 fully saturated rings. The van der Waals surface area contributed by atoms with E-state index in [2.05, 4.69) is 47.5 Å². The molecule has 0 unspecified atom stereocenters. The lowest BCUT2D eigenvalue weighted by Gasteiger charge is -2.41. The Morgan fingerprint density at radius 1 is 0.974 bits per heavy atom. The molecule has 7 heterocycles. The number of thiazole rings is 1. The van der Waals surface area contributed by atoms with E-state index in [9.17, 15) is 29.0 Å². The summed E-state index contributed by atoms with van der Waals surface area (Å²) in [4.78, 5) is 66.0. The number of carbonyl (C=O) groups is 3. The summed E-state index contributed by atoms with van der Waals surface area (Å²) < 4.78 is 21.6.